The smallest absolute Gasteiger partial charge is 0.363 e. The molecule has 1 N–H and O–H groups in total. The number of rotatable bonds is 2. The zero-order chi connectivity index (χ0) is 16.9. The highest BCUT2D eigenvalue weighted by Crippen LogP contribution is 2.34. The van der Waals surface area contributed by atoms with Gasteiger partial charge in [0.15, 0.2) is 5.69 Å². The van der Waals surface area contributed by atoms with E-state index in [2.05, 4.69) is 25.5 Å². The molecule has 0 spiro atoms. The van der Waals surface area contributed by atoms with Gasteiger partial charge in [-0.05, 0) is 19.3 Å². The van der Waals surface area contributed by atoms with E-state index in [1.807, 2.05) is 11.7 Å². The molecule has 4 rings (SSSR count). The van der Waals surface area contributed by atoms with Gasteiger partial charge in [-0.1, -0.05) is 0 Å². The molecule has 0 unspecified atom stereocenters. The molecule has 7 nitrogen and oxygen atoms in total. The van der Waals surface area contributed by atoms with Gasteiger partial charge in [0.2, 0.25) is 0 Å². The first kappa shape index (κ1) is 14.9. The van der Waals surface area contributed by atoms with Crippen LogP contribution in [0.4, 0.5) is 19.0 Å². The molecule has 10 heteroatoms. The Kier molecular flexibility index (Phi) is 3.22. The average molecular weight is 337 g/mol. The summed E-state index contributed by atoms with van der Waals surface area (Å²) in [6.45, 7) is 0. The van der Waals surface area contributed by atoms with Crippen LogP contribution in [0.25, 0.3) is 5.78 Å². The second-order valence-corrected chi connectivity index (χ2v) is 5.76. The fourth-order valence-corrected chi connectivity index (χ4v) is 3.09. The third kappa shape index (κ3) is 2.38. The van der Waals surface area contributed by atoms with Crippen LogP contribution in [0, 0.1) is 0 Å². The van der Waals surface area contributed by atoms with Crippen LogP contribution in [0.15, 0.2) is 18.6 Å². The lowest BCUT2D eigenvalue weighted by molar-refractivity contribution is -0.141. The molecule has 1 aliphatic rings. The Balaban J connectivity index is 1.76. The molecule has 0 aliphatic heterocycles. The van der Waals surface area contributed by atoms with Crippen LogP contribution in [-0.2, 0) is 19.6 Å². The van der Waals surface area contributed by atoms with E-state index in [0.29, 0.717) is 0 Å². The summed E-state index contributed by atoms with van der Waals surface area (Å²) in [6.07, 6.45) is 1.05. The van der Waals surface area contributed by atoms with Gasteiger partial charge in [0.05, 0.1) is 12.2 Å². The minimum Gasteiger partial charge on any atom is -0.363 e. The number of anilines is 1. The van der Waals surface area contributed by atoms with Crippen LogP contribution in [0.3, 0.4) is 0 Å². The normalized spacial score (nSPS) is 17.9. The zero-order valence-corrected chi connectivity index (χ0v) is 12.7. The van der Waals surface area contributed by atoms with E-state index < -0.39 is 11.9 Å². The van der Waals surface area contributed by atoms with E-state index in [9.17, 15) is 13.2 Å². The maximum atomic E-state index is 13.1. The van der Waals surface area contributed by atoms with Crippen molar-refractivity contribution in [2.45, 2.75) is 31.5 Å². The van der Waals surface area contributed by atoms with E-state index in [-0.39, 0.29) is 17.6 Å². The maximum Gasteiger partial charge on any atom is 0.433 e. The first-order valence-electron chi connectivity index (χ1n) is 7.49. The lowest BCUT2D eigenvalue weighted by Gasteiger charge is -2.25. The van der Waals surface area contributed by atoms with Gasteiger partial charge in [0, 0.05) is 24.4 Å². The SMILES string of the molecule is Cn1ncc2c1CCC[C@H]2Nc1cc(C(F)(F)F)nc2ncnn12. The van der Waals surface area contributed by atoms with Crippen LogP contribution >= 0.6 is 0 Å². The van der Waals surface area contributed by atoms with Gasteiger partial charge < -0.3 is 5.32 Å². The van der Waals surface area contributed by atoms with Crippen LogP contribution in [0.5, 0.6) is 0 Å². The lowest BCUT2D eigenvalue weighted by Crippen LogP contribution is -2.20. The molecule has 3 aromatic heterocycles. The van der Waals surface area contributed by atoms with Gasteiger partial charge in [-0.2, -0.15) is 32.9 Å². The molecular formula is C14H14F3N7. The Labute approximate surface area is 134 Å². The maximum absolute atomic E-state index is 13.1. The Hall–Kier alpha value is -2.65. The number of alkyl halides is 3. The van der Waals surface area contributed by atoms with Crippen LogP contribution < -0.4 is 5.32 Å². The first-order valence-corrected chi connectivity index (χ1v) is 7.49. The third-order valence-corrected chi connectivity index (χ3v) is 4.24. The largest absolute Gasteiger partial charge is 0.433 e. The molecule has 0 amide bonds. The summed E-state index contributed by atoms with van der Waals surface area (Å²) in [6, 6.07) is 0.838. The summed E-state index contributed by atoms with van der Waals surface area (Å²) in [5.74, 6) is 0.126. The molecule has 0 saturated carbocycles. The van der Waals surface area contributed by atoms with Crippen molar-refractivity contribution in [3.05, 3.63) is 35.5 Å². The monoisotopic (exact) mass is 337 g/mol. The van der Waals surface area contributed by atoms with Crippen molar-refractivity contribution in [1.82, 2.24) is 29.4 Å². The predicted octanol–water partition coefficient (Wildman–Crippen LogP) is 2.37. The van der Waals surface area contributed by atoms with Crippen molar-refractivity contribution >= 4 is 11.6 Å². The predicted molar refractivity (Wildman–Crippen MR) is 78.3 cm³/mol. The Morgan fingerprint density at radius 1 is 1.29 bits per heavy atom. The Morgan fingerprint density at radius 3 is 2.92 bits per heavy atom. The number of aryl methyl sites for hydroxylation is 1. The minimum absolute atomic E-state index is 0.0884. The molecule has 3 aromatic rings. The molecule has 0 aromatic carbocycles. The minimum atomic E-state index is -4.55. The summed E-state index contributed by atoms with van der Waals surface area (Å²) in [5, 5.41) is 11.4. The first-order chi connectivity index (χ1) is 11.4. The van der Waals surface area contributed by atoms with Gasteiger partial charge in [0.25, 0.3) is 5.78 Å². The number of nitrogens with one attached hydrogen (secondary N) is 1. The van der Waals surface area contributed by atoms with Crippen molar-refractivity contribution in [3.8, 4) is 0 Å². The molecule has 0 saturated heterocycles. The van der Waals surface area contributed by atoms with Crippen molar-refractivity contribution in [3.63, 3.8) is 0 Å². The molecule has 126 valence electrons. The number of hydrogen-bond donors (Lipinski definition) is 1. The van der Waals surface area contributed by atoms with E-state index in [0.717, 1.165) is 36.6 Å². The van der Waals surface area contributed by atoms with E-state index in [1.165, 1.54) is 10.8 Å². The van der Waals surface area contributed by atoms with Gasteiger partial charge in [-0.25, -0.2) is 4.98 Å². The molecule has 0 bridgehead atoms. The molecule has 3 heterocycles. The molecule has 0 radical (unpaired) electrons. The highest BCUT2D eigenvalue weighted by molar-refractivity contribution is 5.48. The van der Waals surface area contributed by atoms with Crippen molar-refractivity contribution in [2.24, 2.45) is 7.05 Å². The Morgan fingerprint density at radius 2 is 2.12 bits per heavy atom. The van der Waals surface area contributed by atoms with E-state index >= 15 is 0 Å². The van der Waals surface area contributed by atoms with Crippen LogP contribution in [-0.4, -0.2) is 29.4 Å². The summed E-state index contributed by atoms with van der Waals surface area (Å²) < 4.78 is 42.3. The fraction of sp³-hybridized carbons (Fsp3) is 0.429. The van der Waals surface area contributed by atoms with Gasteiger partial charge in [0.1, 0.15) is 12.1 Å². The zero-order valence-electron chi connectivity index (χ0n) is 12.7. The molecular weight excluding hydrogens is 323 g/mol. The Bertz CT molecular complexity index is 896. The summed E-state index contributed by atoms with van der Waals surface area (Å²) in [7, 11) is 1.87. The highest BCUT2D eigenvalue weighted by atomic mass is 19.4. The summed E-state index contributed by atoms with van der Waals surface area (Å²) in [5.41, 5.74) is 1.11. The van der Waals surface area contributed by atoms with Crippen LogP contribution in [0.1, 0.15) is 35.8 Å². The van der Waals surface area contributed by atoms with Crippen LogP contribution in [0.2, 0.25) is 0 Å². The van der Waals surface area contributed by atoms with Gasteiger partial charge in [-0.3, -0.25) is 4.68 Å². The summed E-state index contributed by atoms with van der Waals surface area (Å²) in [4.78, 5) is 7.30. The second kappa shape index (κ2) is 5.18. The number of hydrogen-bond acceptors (Lipinski definition) is 5. The quantitative estimate of drug-likeness (QED) is 0.777. The third-order valence-electron chi connectivity index (χ3n) is 4.24. The highest BCUT2D eigenvalue weighted by Gasteiger charge is 2.34. The van der Waals surface area contributed by atoms with E-state index in [4.69, 9.17) is 0 Å². The van der Waals surface area contributed by atoms with Gasteiger partial charge in [-0.15, -0.1) is 0 Å². The van der Waals surface area contributed by atoms with Crippen molar-refractivity contribution in [1.29, 1.82) is 0 Å². The average Bonchev–Trinajstić information content (AvgIpc) is 3.14. The molecule has 1 atom stereocenters. The number of halogens is 3. The van der Waals surface area contributed by atoms with Crippen molar-refractivity contribution < 1.29 is 13.2 Å². The van der Waals surface area contributed by atoms with Gasteiger partial charge >= 0.3 is 6.18 Å². The standard InChI is InChI=1S/C14H14F3N7/c1-23-10-4-2-3-9(8(10)6-19-23)21-12-5-11(14(15,16)17)22-13-18-7-20-24(12)13/h5-7,9,21H,2-4H2,1H3/t9-/m1/s1. The molecule has 0 fully saturated rings. The topological polar surface area (TPSA) is 72.9 Å². The fourth-order valence-electron chi connectivity index (χ4n) is 3.09. The number of aromatic nitrogens is 6. The molecule has 24 heavy (non-hydrogen) atoms. The summed E-state index contributed by atoms with van der Waals surface area (Å²) >= 11 is 0. The second-order valence-electron chi connectivity index (χ2n) is 5.76. The van der Waals surface area contributed by atoms with E-state index in [1.54, 1.807) is 6.20 Å². The van der Waals surface area contributed by atoms with Crippen molar-refractivity contribution in [2.75, 3.05) is 5.32 Å². The number of nitrogens with zero attached hydrogens (tertiary/aromatic N) is 6. The number of fused-ring (bicyclic) bond motifs is 2. The molecule has 1 aliphatic carbocycles. The lowest BCUT2D eigenvalue weighted by atomic mass is 9.93.